The summed E-state index contributed by atoms with van der Waals surface area (Å²) >= 11 is 0. The molecular weight excluding hydrogens is 712 g/mol. The van der Waals surface area contributed by atoms with E-state index in [1.54, 1.807) is 18.3 Å². The number of aromatic nitrogens is 3. The quantitative estimate of drug-likeness (QED) is 0.180. The van der Waals surface area contributed by atoms with Gasteiger partial charge in [-0.25, -0.2) is 9.83 Å². The number of benzene rings is 5. The predicted molar refractivity (Wildman–Crippen MR) is 167 cm³/mol. The van der Waals surface area contributed by atoms with Crippen molar-refractivity contribution in [3.8, 4) is 56.3 Å². The first-order valence-electron chi connectivity index (χ1n) is 13.5. The third-order valence-corrected chi connectivity index (χ3v) is 7.30. The Labute approximate surface area is 263 Å². The molecule has 7 aromatic rings. The summed E-state index contributed by atoms with van der Waals surface area (Å²) in [7, 11) is 0. The molecular formula is C37H23N4OPt-. The van der Waals surface area contributed by atoms with Gasteiger partial charge in [0, 0.05) is 38.6 Å². The SMILES string of the molecule is [C-]#[N+]c1ccc(-c2nc3c(-c4[c-]c(-c5ccccn5)ccc4)cccc3n2-c2ccc(-c3ccccc3)cc2)c(O)c1.[Pt]. The smallest absolute Gasteiger partial charge is 0.190 e. The van der Waals surface area contributed by atoms with Crippen molar-refractivity contribution in [1.29, 1.82) is 0 Å². The Morgan fingerprint density at radius 3 is 2.19 bits per heavy atom. The number of para-hydroxylation sites is 1. The van der Waals surface area contributed by atoms with Gasteiger partial charge in [0.05, 0.1) is 23.2 Å². The molecule has 0 saturated carbocycles. The van der Waals surface area contributed by atoms with Crippen LogP contribution in [0.15, 0.2) is 134 Å². The zero-order valence-electron chi connectivity index (χ0n) is 22.8. The van der Waals surface area contributed by atoms with Crippen molar-refractivity contribution in [3.63, 3.8) is 0 Å². The van der Waals surface area contributed by atoms with Crippen LogP contribution in [0.5, 0.6) is 5.75 Å². The van der Waals surface area contributed by atoms with E-state index in [1.807, 2.05) is 72.8 Å². The molecule has 0 spiro atoms. The van der Waals surface area contributed by atoms with Crippen LogP contribution < -0.4 is 0 Å². The molecule has 5 aromatic carbocycles. The van der Waals surface area contributed by atoms with E-state index in [-0.39, 0.29) is 26.8 Å². The van der Waals surface area contributed by atoms with E-state index in [0.29, 0.717) is 17.1 Å². The second-order valence-corrected chi connectivity index (χ2v) is 9.86. The van der Waals surface area contributed by atoms with Crippen LogP contribution >= 0.6 is 0 Å². The van der Waals surface area contributed by atoms with Crippen molar-refractivity contribution < 1.29 is 26.2 Å². The first-order valence-corrected chi connectivity index (χ1v) is 13.5. The van der Waals surface area contributed by atoms with Gasteiger partial charge < -0.3 is 5.11 Å². The molecule has 0 fully saturated rings. The molecule has 6 heteroatoms. The predicted octanol–water partition coefficient (Wildman–Crippen LogP) is 9.14. The number of imidazole rings is 1. The van der Waals surface area contributed by atoms with Crippen molar-refractivity contribution in [2.45, 2.75) is 0 Å². The van der Waals surface area contributed by atoms with E-state index in [0.717, 1.165) is 50.2 Å². The Morgan fingerprint density at radius 2 is 1.44 bits per heavy atom. The number of rotatable bonds is 5. The van der Waals surface area contributed by atoms with Gasteiger partial charge in [-0.3, -0.25) is 9.55 Å². The molecule has 0 saturated heterocycles. The summed E-state index contributed by atoms with van der Waals surface area (Å²) in [6.07, 6.45) is 1.78. The molecule has 0 radical (unpaired) electrons. The molecule has 1 N–H and O–H groups in total. The van der Waals surface area contributed by atoms with Gasteiger partial charge >= 0.3 is 0 Å². The maximum Gasteiger partial charge on any atom is 0.190 e. The number of phenols is 1. The average molecular weight is 735 g/mol. The molecule has 208 valence electrons. The molecule has 0 aliphatic heterocycles. The van der Waals surface area contributed by atoms with E-state index in [9.17, 15) is 5.11 Å². The van der Waals surface area contributed by atoms with E-state index in [1.165, 1.54) is 6.07 Å². The zero-order valence-corrected chi connectivity index (χ0v) is 25.0. The van der Waals surface area contributed by atoms with Gasteiger partial charge in [-0.2, -0.15) is 0 Å². The molecule has 7 rings (SSSR count). The molecule has 0 aliphatic rings. The van der Waals surface area contributed by atoms with Crippen LogP contribution in [0.2, 0.25) is 0 Å². The van der Waals surface area contributed by atoms with Crippen molar-refractivity contribution in [2.75, 3.05) is 0 Å². The zero-order chi connectivity index (χ0) is 28.5. The minimum absolute atomic E-state index is 0. The Bertz CT molecular complexity index is 2100. The van der Waals surface area contributed by atoms with E-state index in [2.05, 4.69) is 56.9 Å². The van der Waals surface area contributed by atoms with Crippen molar-refractivity contribution in [3.05, 3.63) is 151 Å². The van der Waals surface area contributed by atoms with Crippen LogP contribution in [0.25, 0.3) is 66.5 Å². The first kappa shape index (κ1) is 27.8. The van der Waals surface area contributed by atoms with Crippen molar-refractivity contribution in [1.82, 2.24) is 14.5 Å². The minimum Gasteiger partial charge on any atom is -0.509 e. The van der Waals surface area contributed by atoms with E-state index in [4.69, 9.17) is 11.6 Å². The number of phenolic OH excluding ortho intramolecular Hbond substituents is 1. The molecule has 2 heterocycles. The van der Waals surface area contributed by atoms with Crippen LogP contribution in [0.3, 0.4) is 0 Å². The second-order valence-electron chi connectivity index (χ2n) is 9.86. The molecule has 5 nitrogen and oxygen atoms in total. The first-order chi connectivity index (χ1) is 20.7. The Morgan fingerprint density at radius 1 is 0.698 bits per heavy atom. The van der Waals surface area contributed by atoms with Gasteiger partial charge in [-0.05, 0) is 41.5 Å². The monoisotopic (exact) mass is 734 g/mol. The van der Waals surface area contributed by atoms with Crippen LogP contribution in [-0.2, 0) is 21.1 Å². The molecule has 0 amide bonds. The Hall–Kier alpha value is -5.30. The Kier molecular flexibility index (Phi) is 7.70. The summed E-state index contributed by atoms with van der Waals surface area (Å²) in [5.41, 5.74) is 9.29. The number of nitrogens with zero attached hydrogens (tertiary/aromatic N) is 4. The summed E-state index contributed by atoms with van der Waals surface area (Å²) in [4.78, 5) is 13.1. The fraction of sp³-hybridized carbons (Fsp3) is 0. The summed E-state index contributed by atoms with van der Waals surface area (Å²) < 4.78 is 2.06. The maximum atomic E-state index is 11.0. The molecule has 0 unspecified atom stereocenters. The molecule has 0 aliphatic carbocycles. The number of hydrogen-bond donors (Lipinski definition) is 1. The average Bonchev–Trinajstić information content (AvgIpc) is 3.45. The van der Waals surface area contributed by atoms with Gasteiger partial charge in [-0.15, -0.1) is 29.8 Å². The fourth-order valence-electron chi connectivity index (χ4n) is 5.27. The molecule has 0 atom stereocenters. The number of pyridine rings is 1. The van der Waals surface area contributed by atoms with Gasteiger partial charge in [-0.1, -0.05) is 90.0 Å². The largest absolute Gasteiger partial charge is 0.509 e. The topological polar surface area (TPSA) is 55.3 Å². The fourth-order valence-corrected chi connectivity index (χ4v) is 5.27. The van der Waals surface area contributed by atoms with Crippen LogP contribution in [0.4, 0.5) is 5.69 Å². The molecule has 2 aromatic heterocycles. The van der Waals surface area contributed by atoms with Gasteiger partial charge in [0.2, 0.25) is 0 Å². The summed E-state index contributed by atoms with van der Waals surface area (Å²) in [6.45, 7) is 7.36. The van der Waals surface area contributed by atoms with Crippen molar-refractivity contribution in [2.24, 2.45) is 0 Å². The summed E-state index contributed by atoms with van der Waals surface area (Å²) in [6, 6.07) is 45.0. The maximum absolute atomic E-state index is 11.0. The third-order valence-electron chi connectivity index (χ3n) is 7.30. The summed E-state index contributed by atoms with van der Waals surface area (Å²) in [5.74, 6) is 0.589. The van der Waals surface area contributed by atoms with Crippen LogP contribution in [0.1, 0.15) is 0 Å². The third kappa shape index (κ3) is 5.25. The summed E-state index contributed by atoms with van der Waals surface area (Å²) in [5, 5.41) is 11.0. The van der Waals surface area contributed by atoms with Gasteiger partial charge in [0.1, 0.15) is 11.6 Å². The number of fused-ring (bicyclic) bond motifs is 1. The minimum atomic E-state index is 0. The second kappa shape index (κ2) is 11.9. The van der Waals surface area contributed by atoms with Gasteiger partial charge in [0.15, 0.2) is 5.69 Å². The Balaban J connectivity index is 0.00000329. The van der Waals surface area contributed by atoms with E-state index >= 15 is 0 Å². The van der Waals surface area contributed by atoms with Gasteiger partial charge in [0.25, 0.3) is 0 Å². The van der Waals surface area contributed by atoms with E-state index < -0.39 is 0 Å². The van der Waals surface area contributed by atoms with Crippen LogP contribution in [0, 0.1) is 12.6 Å². The normalized spacial score (nSPS) is 10.7. The molecule has 43 heavy (non-hydrogen) atoms. The standard InChI is InChI=1S/C37H23N4O.Pt/c1-38-29-18-21-32(35(42)24-29)37-40-36-31(27-11-7-12-28(23-27)33-14-5-6-22-39-33)13-8-15-34(36)41(37)30-19-16-26(17-20-30)25-9-3-2-4-10-25;/h2-22,24,42H;/q-1;. The molecule has 0 bridgehead atoms. The van der Waals surface area contributed by atoms with Crippen LogP contribution in [-0.4, -0.2) is 19.6 Å². The van der Waals surface area contributed by atoms with Crippen molar-refractivity contribution >= 4 is 16.7 Å². The number of aromatic hydroxyl groups is 1. The number of hydrogen-bond acceptors (Lipinski definition) is 3.